The number of allylic oxidation sites excluding steroid dienone is 1. The molecule has 0 aliphatic rings. The maximum Gasteiger partial charge on any atom is 0.220 e. The minimum Gasteiger partial charge on any atom is -0.504 e. The van der Waals surface area contributed by atoms with Crippen LogP contribution in [0.5, 0.6) is 11.5 Å². The second kappa shape index (κ2) is 7.22. The Morgan fingerprint density at radius 2 is 1.82 bits per heavy atom. The average molecular weight is 296 g/mol. The lowest BCUT2D eigenvalue weighted by atomic mass is 10.1. The lowest BCUT2D eigenvalue weighted by Crippen LogP contribution is -2.01. The molecule has 0 radical (unpaired) electrons. The van der Waals surface area contributed by atoms with Crippen LogP contribution in [-0.4, -0.2) is 17.5 Å². The van der Waals surface area contributed by atoms with Crippen molar-refractivity contribution in [1.29, 1.82) is 0 Å². The average Bonchev–Trinajstić information content (AvgIpc) is 2.69. The smallest absolute Gasteiger partial charge is 0.220 e. The van der Waals surface area contributed by atoms with Crippen LogP contribution in [-0.2, 0) is 0 Å². The topological polar surface area (TPSA) is 63.6 Å². The molecule has 112 valence electrons. The third kappa shape index (κ3) is 3.61. The van der Waals surface area contributed by atoms with Gasteiger partial charge in [0.25, 0.3) is 0 Å². The van der Waals surface area contributed by atoms with E-state index in [9.17, 15) is 14.7 Å². The van der Waals surface area contributed by atoms with Crippen molar-refractivity contribution >= 4 is 11.9 Å². The highest BCUT2D eigenvalue weighted by Gasteiger charge is 2.09. The molecule has 0 spiro atoms. The highest BCUT2D eigenvalue weighted by atomic mass is 16.5. The van der Waals surface area contributed by atoms with Gasteiger partial charge in [0, 0.05) is 5.56 Å². The maximum absolute atomic E-state index is 12.2. The third-order valence-electron chi connectivity index (χ3n) is 3.01. The first-order valence-electron chi connectivity index (χ1n) is 6.90. The molecule has 0 heterocycles. The first-order chi connectivity index (χ1) is 10.6. The molecular weight excluding hydrogens is 280 g/mol. The van der Waals surface area contributed by atoms with E-state index in [2.05, 4.69) is 0 Å². The van der Waals surface area contributed by atoms with Gasteiger partial charge < -0.3 is 9.84 Å². The Morgan fingerprint density at radius 3 is 2.59 bits per heavy atom. The summed E-state index contributed by atoms with van der Waals surface area (Å²) in [6.45, 7) is 2.40. The number of carbonyl (C=O) groups excluding carboxylic acids is 1. The second-order valence-corrected chi connectivity index (χ2v) is 4.51. The van der Waals surface area contributed by atoms with Crippen molar-refractivity contribution < 1.29 is 14.6 Å². The number of carbonyl (C=O) groups is 1. The van der Waals surface area contributed by atoms with Crippen molar-refractivity contribution in [2.24, 2.45) is 0 Å². The van der Waals surface area contributed by atoms with Crippen LogP contribution in [0.15, 0.2) is 59.4 Å². The number of benzene rings is 1. The summed E-state index contributed by atoms with van der Waals surface area (Å²) in [5, 5.41) is 9.77. The highest BCUT2D eigenvalue weighted by molar-refractivity contribution is 6.08. The molecule has 0 fully saturated rings. The van der Waals surface area contributed by atoms with Gasteiger partial charge in [0.2, 0.25) is 5.43 Å². The van der Waals surface area contributed by atoms with Crippen molar-refractivity contribution in [3.8, 4) is 11.5 Å². The molecule has 0 saturated heterocycles. The summed E-state index contributed by atoms with van der Waals surface area (Å²) in [7, 11) is 0. The first-order valence-corrected chi connectivity index (χ1v) is 6.90. The van der Waals surface area contributed by atoms with Crippen LogP contribution in [0.3, 0.4) is 0 Å². The summed E-state index contributed by atoms with van der Waals surface area (Å²) in [4.78, 5) is 23.7. The van der Waals surface area contributed by atoms with Gasteiger partial charge in [-0.05, 0) is 37.3 Å². The predicted molar refractivity (Wildman–Crippen MR) is 85.4 cm³/mol. The van der Waals surface area contributed by atoms with Crippen molar-refractivity contribution in [2.75, 3.05) is 6.61 Å². The van der Waals surface area contributed by atoms with E-state index in [0.717, 1.165) is 5.56 Å². The molecule has 0 amide bonds. The maximum atomic E-state index is 12.2. The molecule has 1 N–H and O–H groups in total. The summed E-state index contributed by atoms with van der Waals surface area (Å²) in [6.07, 6.45) is 2.91. The molecular formula is C18H16O4. The fourth-order valence-electron chi connectivity index (χ4n) is 1.94. The molecule has 0 atom stereocenters. The van der Waals surface area contributed by atoms with Gasteiger partial charge in [0.05, 0.1) is 12.2 Å². The monoisotopic (exact) mass is 296 g/mol. The molecule has 22 heavy (non-hydrogen) atoms. The van der Waals surface area contributed by atoms with Gasteiger partial charge in [0.15, 0.2) is 11.5 Å². The molecule has 0 aliphatic heterocycles. The van der Waals surface area contributed by atoms with E-state index in [1.807, 2.05) is 31.2 Å². The Kier molecular flexibility index (Phi) is 5.09. The van der Waals surface area contributed by atoms with Crippen molar-refractivity contribution in [2.45, 2.75) is 6.92 Å². The molecule has 0 aromatic heterocycles. The largest absolute Gasteiger partial charge is 0.504 e. The van der Waals surface area contributed by atoms with Crippen LogP contribution >= 0.6 is 0 Å². The van der Waals surface area contributed by atoms with Gasteiger partial charge in [-0.3, -0.25) is 9.59 Å². The van der Waals surface area contributed by atoms with E-state index in [1.54, 1.807) is 6.08 Å². The molecule has 0 aliphatic carbocycles. The fourth-order valence-corrected chi connectivity index (χ4v) is 1.94. The van der Waals surface area contributed by atoms with Crippen molar-refractivity contribution in [1.82, 2.24) is 0 Å². The van der Waals surface area contributed by atoms with Gasteiger partial charge in [-0.1, -0.05) is 30.3 Å². The minimum absolute atomic E-state index is 0.0276. The Balaban J connectivity index is 2.32. The fraction of sp³-hybridized carbons (Fsp3) is 0.111. The predicted octanol–water partition coefficient (Wildman–Crippen LogP) is 3.05. The number of ketones is 1. The van der Waals surface area contributed by atoms with Crippen molar-refractivity contribution in [3.05, 3.63) is 76.0 Å². The van der Waals surface area contributed by atoms with E-state index in [1.165, 1.54) is 30.3 Å². The zero-order chi connectivity index (χ0) is 15.9. The normalized spacial score (nSPS) is 10.6. The number of hydrogen-bond acceptors (Lipinski definition) is 4. The van der Waals surface area contributed by atoms with E-state index < -0.39 is 17.0 Å². The van der Waals surface area contributed by atoms with E-state index in [0.29, 0.717) is 12.4 Å². The molecule has 4 nitrogen and oxygen atoms in total. The van der Waals surface area contributed by atoms with Crippen LogP contribution in [0.1, 0.15) is 22.8 Å². The highest BCUT2D eigenvalue weighted by Crippen LogP contribution is 2.20. The number of rotatable bonds is 5. The van der Waals surface area contributed by atoms with Gasteiger partial charge in [-0.15, -0.1) is 0 Å². The Morgan fingerprint density at radius 1 is 1.14 bits per heavy atom. The SMILES string of the molecule is CCOc1ccccc1/C=C/C(=O)c1ccccc(=O)c1O. The second-order valence-electron chi connectivity index (χ2n) is 4.51. The van der Waals surface area contributed by atoms with E-state index in [4.69, 9.17) is 4.74 Å². The van der Waals surface area contributed by atoms with Crippen LogP contribution < -0.4 is 10.2 Å². The quantitative estimate of drug-likeness (QED) is 0.680. The zero-order valence-electron chi connectivity index (χ0n) is 12.2. The first kappa shape index (κ1) is 15.5. The molecule has 4 heteroatoms. The Labute approximate surface area is 128 Å². The summed E-state index contributed by atoms with van der Waals surface area (Å²) in [6, 6.07) is 12.9. The van der Waals surface area contributed by atoms with Gasteiger partial charge >= 0.3 is 0 Å². The Bertz CT molecular complexity index is 763. The van der Waals surface area contributed by atoms with Crippen LogP contribution in [0.2, 0.25) is 0 Å². The van der Waals surface area contributed by atoms with Crippen molar-refractivity contribution in [3.63, 3.8) is 0 Å². The lowest BCUT2D eigenvalue weighted by molar-refractivity contribution is 0.104. The molecule has 0 saturated carbocycles. The van der Waals surface area contributed by atoms with Gasteiger partial charge in [0.1, 0.15) is 5.75 Å². The number of aromatic hydroxyl groups is 1. The number of ether oxygens (including phenoxy) is 1. The third-order valence-corrected chi connectivity index (χ3v) is 3.01. The molecule has 2 aromatic rings. The van der Waals surface area contributed by atoms with Gasteiger partial charge in [-0.25, -0.2) is 0 Å². The van der Waals surface area contributed by atoms with Gasteiger partial charge in [-0.2, -0.15) is 0 Å². The molecule has 0 bridgehead atoms. The summed E-state index contributed by atoms with van der Waals surface area (Å²) in [5.74, 6) is -0.323. The van der Waals surface area contributed by atoms with Crippen LogP contribution in [0.4, 0.5) is 0 Å². The molecule has 0 unspecified atom stereocenters. The van der Waals surface area contributed by atoms with E-state index >= 15 is 0 Å². The summed E-state index contributed by atoms with van der Waals surface area (Å²) >= 11 is 0. The minimum atomic E-state index is -0.587. The van der Waals surface area contributed by atoms with Crippen LogP contribution in [0, 0.1) is 0 Å². The standard InChI is InChI=1S/C18H16O4/c1-2-22-17-10-6-3-7-13(17)11-12-15(19)14-8-4-5-9-16(20)18(14)21/h3-12H,2H2,1H3,(H,20,21)/b12-11+. The lowest BCUT2D eigenvalue weighted by Gasteiger charge is -2.06. The zero-order valence-corrected chi connectivity index (χ0v) is 12.2. The molecule has 2 rings (SSSR count). The van der Waals surface area contributed by atoms with Crippen LogP contribution in [0.25, 0.3) is 6.08 Å². The molecule has 2 aromatic carbocycles. The summed E-state index contributed by atoms with van der Waals surface area (Å²) in [5.41, 5.74) is 0.136. The summed E-state index contributed by atoms with van der Waals surface area (Å²) < 4.78 is 5.47. The Hall–Kier alpha value is -2.88. The van der Waals surface area contributed by atoms with E-state index in [-0.39, 0.29) is 5.56 Å². The number of para-hydroxylation sites is 1. The number of hydrogen-bond donors (Lipinski definition) is 1.